The van der Waals surface area contributed by atoms with E-state index in [2.05, 4.69) is 5.32 Å². The van der Waals surface area contributed by atoms with E-state index in [4.69, 9.17) is 0 Å². The van der Waals surface area contributed by atoms with Gasteiger partial charge in [0.2, 0.25) is 0 Å². The Kier molecular flexibility index (Phi) is 2.86. The summed E-state index contributed by atoms with van der Waals surface area (Å²) in [6, 6.07) is 6.11. The first-order chi connectivity index (χ1) is 8.68. The largest absolute Gasteiger partial charge is 0.348 e. The second-order valence-electron chi connectivity index (χ2n) is 5.25. The predicted molar refractivity (Wildman–Crippen MR) is 72.2 cm³/mol. The first-order valence-corrected chi connectivity index (χ1v) is 6.66. The fraction of sp³-hybridized carbons (Fsp3) is 0.467. The van der Waals surface area contributed by atoms with Crippen molar-refractivity contribution in [2.75, 3.05) is 6.54 Å². The SMILES string of the molecule is Cc1cc2c(F)c(C3CCCCN3)ccc2n1C. The molecule has 1 aromatic heterocycles. The van der Waals surface area contributed by atoms with Gasteiger partial charge in [-0.25, -0.2) is 4.39 Å². The van der Waals surface area contributed by atoms with E-state index in [-0.39, 0.29) is 11.9 Å². The van der Waals surface area contributed by atoms with Gasteiger partial charge in [0.05, 0.1) is 5.52 Å². The molecule has 96 valence electrons. The van der Waals surface area contributed by atoms with Crippen LogP contribution in [0.1, 0.15) is 36.6 Å². The first-order valence-electron chi connectivity index (χ1n) is 6.66. The highest BCUT2D eigenvalue weighted by atomic mass is 19.1. The molecule has 2 heterocycles. The molecule has 0 amide bonds. The molecule has 1 aliphatic heterocycles. The monoisotopic (exact) mass is 246 g/mol. The highest BCUT2D eigenvalue weighted by molar-refractivity contribution is 5.83. The molecule has 1 saturated heterocycles. The summed E-state index contributed by atoms with van der Waals surface area (Å²) in [4.78, 5) is 0. The summed E-state index contributed by atoms with van der Waals surface area (Å²) in [6.45, 7) is 3.01. The van der Waals surface area contributed by atoms with Gasteiger partial charge >= 0.3 is 0 Å². The Hall–Kier alpha value is -1.35. The number of piperidine rings is 1. The normalized spacial score (nSPS) is 20.5. The van der Waals surface area contributed by atoms with Crippen molar-refractivity contribution in [2.24, 2.45) is 7.05 Å². The number of nitrogens with one attached hydrogen (secondary N) is 1. The summed E-state index contributed by atoms with van der Waals surface area (Å²) in [5.41, 5.74) is 2.90. The number of rotatable bonds is 1. The molecule has 0 bridgehead atoms. The lowest BCUT2D eigenvalue weighted by Crippen LogP contribution is -2.27. The number of benzene rings is 1. The Balaban J connectivity index is 2.11. The molecule has 1 atom stereocenters. The van der Waals surface area contributed by atoms with Crippen LogP contribution >= 0.6 is 0 Å². The van der Waals surface area contributed by atoms with Crippen LogP contribution in [-0.2, 0) is 7.05 Å². The minimum atomic E-state index is -0.0457. The van der Waals surface area contributed by atoms with E-state index in [1.165, 1.54) is 12.8 Å². The van der Waals surface area contributed by atoms with Crippen molar-refractivity contribution in [2.45, 2.75) is 32.2 Å². The van der Waals surface area contributed by atoms with Crippen molar-refractivity contribution in [3.63, 3.8) is 0 Å². The summed E-state index contributed by atoms with van der Waals surface area (Å²) in [6.07, 6.45) is 3.42. The smallest absolute Gasteiger partial charge is 0.137 e. The summed E-state index contributed by atoms with van der Waals surface area (Å²) in [5.74, 6) is -0.0457. The fourth-order valence-corrected chi connectivity index (χ4v) is 2.91. The van der Waals surface area contributed by atoms with Crippen LogP contribution in [0.15, 0.2) is 18.2 Å². The van der Waals surface area contributed by atoms with Gasteiger partial charge in [-0.15, -0.1) is 0 Å². The van der Waals surface area contributed by atoms with E-state index in [0.29, 0.717) is 0 Å². The number of fused-ring (bicyclic) bond motifs is 1. The van der Waals surface area contributed by atoms with Crippen LogP contribution in [0.5, 0.6) is 0 Å². The third-order valence-corrected chi connectivity index (χ3v) is 4.12. The lowest BCUT2D eigenvalue weighted by Gasteiger charge is -2.24. The van der Waals surface area contributed by atoms with Gasteiger partial charge in [-0.05, 0) is 38.4 Å². The third-order valence-electron chi connectivity index (χ3n) is 4.12. The molecular formula is C15H19FN2. The van der Waals surface area contributed by atoms with Gasteiger partial charge in [-0.1, -0.05) is 12.5 Å². The molecule has 1 aliphatic rings. The van der Waals surface area contributed by atoms with Crippen molar-refractivity contribution in [3.05, 3.63) is 35.3 Å². The molecular weight excluding hydrogens is 227 g/mol. The summed E-state index contributed by atoms with van der Waals surface area (Å²) < 4.78 is 16.6. The molecule has 1 N–H and O–H groups in total. The van der Waals surface area contributed by atoms with Crippen molar-refractivity contribution in [1.29, 1.82) is 0 Å². The number of halogens is 1. The van der Waals surface area contributed by atoms with Crippen LogP contribution in [0.25, 0.3) is 10.9 Å². The lowest BCUT2D eigenvalue weighted by atomic mass is 9.96. The predicted octanol–water partition coefficient (Wildman–Crippen LogP) is 3.44. The molecule has 2 nitrogen and oxygen atoms in total. The average molecular weight is 246 g/mol. The molecule has 1 unspecified atom stereocenters. The number of aryl methyl sites for hydroxylation is 2. The molecule has 0 radical (unpaired) electrons. The van der Waals surface area contributed by atoms with Gasteiger partial charge in [0.1, 0.15) is 5.82 Å². The standard InChI is InChI=1S/C15H19FN2/c1-10-9-12-14(18(10)2)7-6-11(15(12)16)13-5-3-4-8-17-13/h6-7,9,13,17H,3-5,8H2,1-2H3. The Morgan fingerprint density at radius 3 is 2.89 bits per heavy atom. The zero-order valence-electron chi connectivity index (χ0n) is 11.0. The molecule has 3 heteroatoms. The fourth-order valence-electron chi connectivity index (χ4n) is 2.91. The minimum absolute atomic E-state index is 0.0457. The molecule has 0 saturated carbocycles. The molecule has 1 fully saturated rings. The van der Waals surface area contributed by atoms with Gasteiger partial charge in [0.25, 0.3) is 0 Å². The second kappa shape index (κ2) is 4.39. The Labute approximate surface area is 107 Å². The molecule has 2 aromatic rings. The molecule has 18 heavy (non-hydrogen) atoms. The van der Waals surface area contributed by atoms with E-state index < -0.39 is 0 Å². The third kappa shape index (κ3) is 1.74. The van der Waals surface area contributed by atoms with Crippen LogP contribution in [-0.4, -0.2) is 11.1 Å². The lowest BCUT2D eigenvalue weighted by molar-refractivity contribution is 0.401. The van der Waals surface area contributed by atoms with Crippen molar-refractivity contribution in [1.82, 2.24) is 9.88 Å². The van der Waals surface area contributed by atoms with Gasteiger partial charge in [-0.3, -0.25) is 0 Å². The van der Waals surface area contributed by atoms with Crippen LogP contribution < -0.4 is 5.32 Å². The topological polar surface area (TPSA) is 17.0 Å². The maximum atomic E-state index is 14.6. The number of hydrogen-bond acceptors (Lipinski definition) is 1. The van der Waals surface area contributed by atoms with Crippen molar-refractivity contribution < 1.29 is 4.39 Å². The van der Waals surface area contributed by atoms with Crippen LogP contribution in [0, 0.1) is 12.7 Å². The highest BCUT2D eigenvalue weighted by Gasteiger charge is 2.20. The van der Waals surface area contributed by atoms with Crippen LogP contribution in [0.2, 0.25) is 0 Å². The maximum absolute atomic E-state index is 14.6. The van der Waals surface area contributed by atoms with Crippen LogP contribution in [0.3, 0.4) is 0 Å². The quantitative estimate of drug-likeness (QED) is 0.815. The van der Waals surface area contributed by atoms with E-state index in [9.17, 15) is 4.39 Å². The summed E-state index contributed by atoms with van der Waals surface area (Å²) >= 11 is 0. The number of aromatic nitrogens is 1. The first kappa shape index (κ1) is 11.7. The zero-order valence-corrected chi connectivity index (χ0v) is 11.0. The van der Waals surface area contributed by atoms with Gasteiger partial charge < -0.3 is 9.88 Å². The molecule has 0 aliphatic carbocycles. The molecule has 3 rings (SSSR count). The van der Waals surface area contributed by atoms with Crippen molar-refractivity contribution >= 4 is 10.9 Å². The Morgan fingerprint density at radius 1 is 1.33 bits per heavy atom. The highest BCUT2D eigenvalue weighted by Crippen LogP contribution is 2.30. The summed E-state index contributed by atoms with van der Waals surface area (Å²) in [7, 11) is 1.98. The Morgan fingerprint density at radius 2 is 2.17 bits per heavy atom. The number of nitrogens with zero attached hydrogens (tertiary/aromatic N) is 1. The van der Waals surface area contributed by atoms with Gasteiger partial charge in [-0.2, -0.15) is 0 Å². The van der Waals surface area contributed by atoms with E-state index >= 15 is 0 Å². The number of hydrogen-bond donors (Lipinski definition) is 1. The minimum Gasteiger partial charge on any atom is -0.348 e. The second-order valence-corrected chi connectivity index (χ2v) is 5.25. The van der Waals surface area contributed by atoms with Crippen LogP contribution in [0.4, 0.5) is 4.39 Å². The Bertz CT molecular complexity index is 580. The van der Waals surface area contributed by atoms with E-state index in [0.717, 1.165) is 35.1 Å². The zero-order chi connectivity index (χ0) is 12.7. The van der Waals surface area contributed by atoms with E-state index in [1.54, 1.807) is 0 Å². The molecule has 1 aromatic carbocycles. The maximum Gasteiger partial charge on any atom is 0.137 e. The average Bonchev–Trinajstić information content (AvgIpc) is 2.69. The van der Waals surface area contributed by atoms with Gasteiger partial charge in [0, 0.05) is 29.7 Å². The van der Waals surface area contributed by atoms with Crippen molar-refractivity contribution in [3.8, 4) is 0 Å². The van der Waals surface area contributed by atoms with E-state index in [1.807, 2.05) is 36.7 Å². The molecule has 0 spiro atoms. The summed E-state index contributed by atoms with van der Waals surface area (Å²) in [5, 5.41) is 4.17. The van der Waals surface area contributed by atoms with Gasteiger partial charge in [0.15, 0.2) is 0 Å².